The highest BCUT2D eigenvalue weighted by molar-refractivity contribution is 5.74. The van der Waals surface area contributed by atoms with Gasteiger partial charge >= 0.3 is 6.03 Å². The van der Waals surface area contributed by atoms with Gasteiger partial charge in [0.25, 0.3) is 0 Å². The molecular formula is C17H24FN3O2. The molecule has 1 aromatic carbocycles. The van der Waals surface area contributed by atoms with Crippen molar-refractivity contribution in [2.45, 2.75) is 32.4 Å². The number of halogens is 1. The Morgan fingerprint density at radius 3 is 3.13 bits per heavy atom. The highest BCUT2D eigenvalue weighted by Crippen LogP contribution is 2.24. The first-order valence-electron chi connectivity index (χ1n) is 8.34. The number of nitrogens with zero attached hydrogens (tertiary/aromatic N) is 2. The number of urea groups is 1. The van der Waals surface area contributed by atoms with Crippen LogP contribution in [-0.2, 0) is 6.54 Å². The first-order chi connectivity index (χ1) is 11.2. The molecule has 0 bridgehead atoms. The third-order valence-electron chi connectivity index (χ3n) is 4.57. The number of fused-ring (bicyclic) bond motifs is 1. The Balaban J connectivity index is 1.63. The van der Waals surface area contributed by atoms with Gasteiger partial charge in [-0.2, -0.15) is 0 Å². The third kappa shape index (κ3) is 3.93. The van der Waals surface area contributed by atoms with Crippen molar-refractivity contribution in [3.63, 3.8) is 0 Å². The average Bonchev–Trinajstić information content (AvgIpc) is 2.77. The Morgan fingerprint density at radius 1 is 1.43 bits per heavy atom. The Hall–Kier alpha value is -1.82. The van der Waals surface area contributed by atoms with E-state index in [1.165, 1.54) is 12.1 Å². The molecule has 0 aromatic heterocycles. The SMILES string of the molecule is CCN1CCCC(NC(=O)N2CCOc3ccc(F)cc3C2)C1. The smallest absolute Gasteiger partial charge is 0.318 e. The van der Waals surface area contributed by atoms with Crippen molar-refractivity contribution in [2.75, 3.05) is 32.8 Å². The monoisotopic (exact) mass is 321 g/mol. The second-order valence-corrected chi connectivity index (χ2v) is 6.20. The number of likely N-dealkylation sites (tertiary alicyclic amines) is 1. The van der Waals surface area contributed by atoms with Crippen LogP contribution in [0.4, 0.5) is 9.18 Å². The van der Waals surface area contributed by atoms with E-state index in [1.807, 2.05) is 0 Å². The van der Waals surface area contributed by atoms with Crippen molar-refractivity contribution in [1.29, 1.82) is 0 Å². The molecule has 1 saturated heterocycles. The molecular weight excluding hydrogens is 297 g/mol. The van der Waals surface area contributed by atoms with Gasteiger partial charge in [0.05, 0.1) is 13.1 Å². The van der Waals surface area contributed by atoms with Crippen LogP contribution < -0.4 is 10.1 Å². The number of nitrogens with one attached hydrogen (secondary N) is 1. The fourth-order valence-electron chi connectivity index (χ4n) is 3.26. The number of hydrogen-bond acceptors (Lipinski definition) is 3. The number of ether oxygens (including phenoxy) is 1. The summed E-state index contributed by atoms with van der Waals surface area (Å²) in [5.74, 6) is 0.358. The molecule has 2 amide bonds. The van der Waals surface area contributed by atoms with E-state index < -0.39 is 0 Å². The van der Waals surface area contributed by atoms with Crippen LogP contribution in [-0.4, -0.2) is 54.7 Å². The van der Waals surface area contributed by atoms with Crippen LogP contribution in [0.2, 0.25) is 0 Å². The number of rotatable bonds is 2. The van der Waals surface area contributed by atoms with Gasteiger partial charge < -0.3 is 19.9 Å². The molecule has 0 saturated carbocycles. The summed E-state index contributed by atoms with van der Waals surface area (Å²) in [6.07, 6.45) is 2.12. The minimum Gasteiger partial charge on any atom is -0.491 e. The fraction of sp³-hybridized carbons (Fsp3) is 0.588. The molecule has 2 aliphatic heterocycles. The van der Waals surface area contributed by atoms with Gasteiger partial charge in [0, 0.05) is 18.2 Å². The lowest BCUT2D eigenvalue weighted by Gasteiger charge is -2.33. The number of hydrogen-bond donors (Lipinski definition) is 1. The maximum atomic E-state index is 13.4. The maximum absolute atomic E-state index is 13.4. The quantitative estimate of drug-likeness (QED) is 0.908. The summed E-state index contributed by atoms with van der Waals surface area (Å²) in [4.78, 5) is 16.6. The molecule has 2 heterocycles. The Bertz CT molecular complexity index is 567. The standard InChI is InChI=1S/C17H24FN3O2/c1-2-20-7-3-4-15(12-20)19-17(22)21-8-9-23-16-6-5-14(18)10-13(16)11-21/h5-6,10,15H,2-4,7-9,11-12H2,1H3,(H,19,22). The molecule has 1 aromatic rings. The molecule has 1 fully saturated rings. The predicted molar refractivity (Wildman–Crippen MR) is 86.0 cm³/mol. The van der Waals surface area contributed by atoms with E-state index in [9.17, 15) is 9.18 Å². The lowest BCUT2D eigenvalue weighted by molar-refractivity contribution is 0.164. The summed E-state index contributed by atoms with van der Waals surface area (Å²) in [6.45, 7) is 6.47. The second-order valence-electron chi connectivity index (χ2n) is 6.20. The van der Waals surface area contributed by atoms with Gasteiger partial charge in [-0.25, -0.2) is 9.18 Å². The van der Waals surface area contributed by atoms with Crippen LogP contribution in [0.1, 0.15) is 25.3 Å². The largest absolute Gasteiger partial charge is 0.491 e. The molecule has 0 aliphatic carbocycles. The first kappa shape index (κ1) is 16.1. The molecule has 1 N–H and O–H groups in total. The summed E-state index contributed by atoms with van der Waals surface area (Å²) in [5, 5.41) is 3.12. The molecule has 3 rings (SSSR count). The highest BCUT2D eigenvalue weighted by atomic mass is 19.1. The molecule has 1 unspecified atom stereocenters. The zero-order valence-corrected chi connectivity index (χ0v) is 13.6. The van der Waals surface area contributed by atoms with Crippen LogP contribution in [0.15, 0.2) is 18.2 Å². The van der Waals surface area contributed by atoms with Crippen LogP contribution in [0.3, 0.4) is 0 Å². The van der Waals surface area contributed by atoms with E-state index in [-0.39, 0.29) is 17.9 Å². The van der Waals surface area contributed by atoms with E-state index in [0.29, 0.717) is 25.4 Å². The number of piperidine rings is 1. The Morgan fingerprint density at radius 2 is 2.30 bits per heavy atom. The van der Waals surface area contributed by atoms with Gasteiger partial charge in [-0.15, -0.1) is 0 Å². The van der Waals surface area contributed by atoms with E-state index in [2.05, 4.69) is 17.1 Å². The maximum Gasteiger partial charge on any atom is 0.318 e. The molecule has 126 valence electrons. The van der Waals surface area contributed by atoms with E-state index in [0.717, 1.165) is 38.0 Å². The van der Waals surface area contributed by atoms with E-state index in [4.69, 9.17) is 4.74 Å². The summed E-state index contributed by atoms with van der Waals surface area (Å²) in [7, 11) is 0. The molecule has 6 heteroatoms. The number of carbonyl (C=O) groups excluding carboxylic acids is 1. The van der Waals surface area contributed by atoms with Gasteiger partial charge in [-0.05, 0) is 44.1 Å². The van der Waals surface area contributed by atoms with E-state index >= 15 is 0 Å². The topological polar surface area (TPSA) is 44.8 Å². The van der Waals surface area contributed by atoms with Crippen LogP contribution in [0.5, 0.6) is 5.75 Å². The van der Waals surface area contributed by atoms with Crippen LogP contribution >= 0.6 is 0 Å². The van der Waals surface area contributed by atoms with Gasteiger partial charge in [0.2, 0.25) is 0 Å². The predicted octanol–water partition coefficient (Wildman–Crippen LogP) is 2.21. The van der Waals surface area contributed by atoms with Gasteiger partial charge in [-0.1, -0.05) is 6.92 Å². The lowest BCUT2D eigenvalue weighted by atomic mass is 10.1. The number of benzene rings is 1. The molecule has 23 heavy (non-hydrogen) atoms. The van der Waals surface area contributed by atoms with Gasteiger partial charge in [0.15, 0.2) is 0 Å². The zero-order chi connectivity index (χ0) is 16.2. The minimum absolute atomic E-state index is 0.0892. The van der Waals surface area contributed by atoms with Crippen molar-refractivity contribution in [3.8, 4) is 5.75 Å². The summed E-state index contributed by atoms with van der Waals surface area (Å²) < 4.78 is 19.0. The summed E-state index contributed by atoms with van der Waals surface area (Å²) in [6, 6.07) is 4.56. The number of amides is 2. The third-order valence-corrected chi connectivity index (χ3v) is 4.57. The van der Waals surface area contributed by atoms with Crippen molar-refractivity contribution < 1.29 is 13.9 Å². The van der Waals surface area contributed by atoms with Gasteiger partial charge in [-0.3, -0.25) is 0 Å². The minimum atomic E-state index is -0.305. The van der Waals surface area contributed by atoms with Crippen molar-refractivity contribution in [2.24, 2.45) is 0 Å². The van der Waals surface area contributed by atoms with Gasteiger partial charge in [0.1, 0.15) is 18.2 Å². The lowest BCUT2D eigenvalue weighted by Crippen LogP contribution is -2.51. The molecule has 5 nitrogen and oxygen atoms in total. The molecule has 1 atom stereocenters. The number of carbonyl (C=O) groups is 1. The second kappa shape index (κ2) is 7.17. The number of likely N-dealkylation sites (N-methyl/N-ethyl adjacent to an activating group) is 1. The molecule has 0 spiro atoms. The first-order valence-corrected chi connectivity index (χ1v) is 8.34. The summed E-state index contributed by atoms with van der Waals surface area (Å²) in [5.41, 5.74) is 0.719. The fourth-order valence-corrected chi connectivity index (χ4v) is 3.26. The highest BCUT2D eigenvalue weighted by Gasteiger charge is 2.25. The van der Waals surface area contributed by atoms with E-state index in [1.54, 1.807) is 11.0 Å². The Kier molecular flexibility index (Phi) is 5.00. The summed E-state index contributed by atoms with van der Waals surface area (Å²) >= 11 is 0. The molecule has 2 aliphatic rings. The van der Waals surface area contributed by atoms with Crippen molar-refractivity contribution in [3.05, 3.63) is 29.6 Å². The van der Waals surface area contributed by atoms with Crippen molar-refractivity contribution >= 4 is 6.03 Å². The normalized spacial score (nSPS) is 22.0. The van der Waals surface area contributed by atoms with Crippen LogP contribution in [0.25, 0.3) is 0 Å². The zero-order valence-electron chi connectivity index (χ0n) is 13.6. The average molecular weight is 321 g/mol. The Labute approximate surface area is 136 Å². The molecule has 0 radical (unpaired) electrons. The van der Waals surface area contributed by atoms with Crippen molar-refractivity contribution in [1.82, 2.24) is 15.1 Å². The van der Waals surface area contributed by atoms with Crippen LogP contribution in [0, 0.1) is 5.82 Å².